The van der Waals surface area contributed by atoms with Crippen LogP contribution in [0.15, 0.2) is 78.0 Å². The first kappa shape index (κ1) is 19.6. The van der Waals surface area contributed by atoms with Crippen molar-refractivity contribution in [2.24, 2.45) is 5.10 Å². The van der Waals surface area contributed by atoms with Gasteiger partial charge in [-0.05, 0) is 29.5 Å². The summed E-state index contributed by atoms with van der Waals surface area (Å²) in [4.78, 5) is 23.7. The summed E-state index contributed by atoms with van der Waals surface area (Å²) < 4.78 is 1.78. The number of benzene rings is 2. The largest absolute Gasteiger partial charge is 0.316 e. The fraction of sp³-hybridized carbons (Fsp3) is 0.0500. The number of hydrogen-bond donors (Lipinski definition) is 1. The van der Waals surface area contributed by atoms with Crippen molar-refractivity contribution in [3.8, 4) is 17.1 Å². The predicted molar refractivity (Wildman–Crippen MR) is 111 cm³/mol. The van der Waals surface area contributed by atoms with E-state index in [0.717, 1.165) is 11.3 Å². The molecule has 0 unspecified atom stereocenters. The van der Waals surface area contributed by atoms with Crippen LogP contribution in [0.4, 0.5) is 5.69 Å². The smallest absolute Gasteiger partial charge is 0.269 e. The summed E-state index contributed by atoms with van der Waals surface area (Å²) in [5, 5.41) is 26.8. The van der Waals surface area contributed by atoms with Gasteiger partial charge in [0, 0.05) is 29.6 Å². The van der Waals surface area contributed by atoms with Gasteiger partial charge < -0.3 is 4.57 Å². The number of carbonyl (C=O) groups excluding carboxylic acids is 1. The highest BCUT2D eigenvalue weighted by Gasteiger charge is 2.09. The first-order chi connectivity index (χ1) is 15.1. The number of nitrogens with zero attached hydrogens (tertiary/aromatic N) is 7. The number of rotatable bonds is 7. The zero-order valence-corrected chi connectivity index (χ0v) is 16.1. The van der Waals surface area contributed by atoms with Gasteiger partial charge in [-0.3, -0.25) is 14.9 Å². The number of nitro benzene ring substituents is 1. The lowest BCUT2D eigenvalue weighted by molar-refractivity contribution is -0.384. The number of hydrogen-bond acceptors (Lipinski definition) is 7. The summed E-state index contributed by atoms with van der Waals surface area (Å²) in [5.74, 6) is 0.0135. The minimum atomic E-state index is -0.454. The maximum Gasteiger partial charge on any atom is 0.269 e. The molecule has 11 nitrogen and oxygen atoms in total. The fourth-order valence-electron chi connectivity index (χ4n) is 2.82. The SMILES string of the molecule is O=C(Cn1nnc(-c2ccccc2)n1)N/N=C/c1cccn1-c1ccc([N+](=O)[O-])cc1. The average Bonchev–Trinajstić information content (AvgIpc) is 3.44. The normalized spacial score (nSPS) is 11.0. The van der Waals surface area contributed by atoms with Gasteiger partial charge in [0.15, 0.2) is 0 Å². The molecule has 2 heterocycles. The van der Waals surface area contributed by atoms with Crippen molar-refractivity contribution in [1.29, 1.82) is 0 Å². The van der Waals surface area contributed by atoms with E-state index < -0.39 is 10.8 Å². The number of carbonyl (C=O) groups is 1. The van der Waals surface area contributed by atoms with Crippen LogP contribution in [-0.2, 0) is 11.3 Å². The quantitative estimate of drug-likeness (QED) is 0.279. The van der Waals surface area contributed by atoms with Gasteiger partial charge in [0.2, 0.25) is 5.82 Å². The van der Waals surface area contributed by atoms with Crippen molar-refractivity contribution >= 4 is 17.8 Å². The maximum atomic E-state index is 12.1. The van der Waals surface area contributed by atoms with E-state index >= 15 is 0 Å². The van der Waals surface area contributed by atoms with E-state index in [1.54, 1.807) is 35.0 Å². The molecule has 1 amide bonds. The molecule has 1 N–H and O–H groups in total. The third-order valence-corrected chi connectivity index (χ3v) is 4.27. The third kappa shape index (κ3) is 4.67. The van der Waals surface area contributed by atoms with Gasteiger partial charge in [0.05, 0.1) is 16.8 Å². The Bertz CT molecular complexity index is 1230. The van der Waals surface area contributed by atoms with Crippen molar-refractivity contribution < 1.29 is 9.72 Å². The summed E-state index contributed by atoms with van der Waals surface area (Å²) in [6.45, 7) is -0.138. The highest BCUT2D eigenvalue weighted by molar-refractivity contribution is 5.81. The molecule has 0 aliphatic heterocycles. The van der Waals surface area contributed by atoms with Crippen LogP contribution in [0, 0.1) is 10.1 Å². The Morgan fingerprint density at radius 3 is 2.61 bits per heavy atom. The monoisotopic (exact) mass is 416 g/mol. The third-order valence-electron chi connectivity index (χ3n) is 4.27. The molecule has 0 aliphatic carbocycles. The fourth-order valence-corrected chi connectivity index (χ4v) is 2.82. The summed E-state index contributed by atoms with van der Waals surface area (Å²) in [6, 6.07) is 19.0. The standard InChI is InChI=1S/C20H16N8O3/c29-19(14-27-24-20(23-25-27)15-5-2-1-3-6-15)22-21-13-18-7-4-12-26(18)16-8-10-17(11-9-16)28(30)31/h1-13H,14H2,(H,22,29)/b21-13+. The molecular formula is C20H16N8O3. The minimum Gasteiger partial charge on any atom is -0.316 e. The van der Waals surface area contributed by atoms with Crippen molar-refractivity contribution in [2.75, 3.05) is 0 Å². The topological polar surface area (TPSA) is 133 Å². The maximum absolute atomic E-state index is 12.1. The molecule has 0 saturated heterocycles. The molecule has 4 aromatic rings. The lowest BCUT2D eigenvalue weighted by Gasteiger charge is -2.05. The van der Waals surface area contributed by atoms with Gasteiger partial charge in [-0.2, -0.15) is 9.90 Å². The number of non-ortho nitro benzene ring substituents is 1. The second kappa shape index (κ2) is 8.78. The molecule has 0 atom stereocenters. The summed E-state index contributed by atoms with van der Waals surface area (Å²) >= 11 is 0. The van der Waals surface area contributed by atoms with E-state index in [2.05, 4.69) is 25.9 Å². The Hall–Kier alpha value is -4.67. The number of aromatic nitrogens is 5. The highest BCUT2D eigenvalue weighted by Crippen LogP contribution is 2.17. The predicted octanol–water partition coefficient (Wildman–Crippen LogP) is 2.19. The van der Waals surface area contributed by atoms with E-state index in [4.69, 9.17) is 0 Å². The van der Waals surface area contributed by atoms with E-state index in [0.29, 0.717) is 11.5 Å². The molecule has 154 valence electrons. The Balaban J connectivity index is 1.37. The molecule has 0 bridgehead atoms. The van der Waals surface area contributed by atoms with Gasteiger partial charge in [0.1, 0.15) is 6.54 Å². The zero-order chi connectivity index (χ0) is 21.6. The first-order valence-electron chi connectivity index (χ1n) is 9.17. The molecule has 31 heavy (non-hydrogen) atoms. The van der Waals surface area contributed by atoms with Crippen molar-refractivity contribution in [1.82, 2.24) is 30.2 Å². The number of amides is 1. The van der Waals surface area contributed by atoms with Gasteiger partial charge in [0.25, 0.3) is 11.6 Å². The molecule has 0 aliphatic rings. The van der Waals surface area contributed by atoms with Crippen molar-refractivity contribution in [3.05, 3.63) is 88.7 Å². The first-order valence-corrected chi connectivity index (χ1v) is 9.17. The van der Waals surface area contributed by atoms with E-state index in [1.807, 2.05) is 30.3 Å². The lowest BCUT2D eigenvalue weighted by atomic mass is 10.2. The Labute approximate surface area is 175 Å². The Morgan fingerprint density at radius 2 is 1.87 bits per heavy atom. The van der Waals surface area contributed by atoms with E-state index in [-0.39, 0.29) is 12.2 Å². The lowest BCUT2D eigenvalue weighted by Crippen LogP contribution is -2.24. The molecule has 4 rings (SSSR count). The molecule has 0 radical (unpaired) electrons. The Morgan fingerprint density at radius 1 is 1.10 bits per heavy atom. The van der Waals surface area contributed by atoms with Crippen LogP contribution in [0.1, 0.15) is 5.69 Å². The molecular weight excluding hydrogens is 400 g/mol. The number of nitro groups is 1. The van der Waals surface area contributed by atoms with Gasteiger partial charge in [-0.25, -0.2) is 5.43 Å². The highest BCUT2D eigenvalue weighted by atomic mass is 16.6. The molecule has 0 fully saturated rings. The van der Waals surface area contributed by atoms with Crippen LogP contribution >= 0.6 is 0 Å². The summed E-state index contributed by atoms with van der Waals surface area (Å²) in [6.07, 6.45) is 3.26. The molecule has 0 saturated carbocycles. The summed E-state index contributed by atoms with van der Waals surface area (Å²) in [5.41, 5.74) is 4.64. The van der Waals surface area contributed by atoms with E-state index in [1.165, 1.54) is 23.1 Å². The molecule has 0 spiro atoms. The number of tetrazole rings is 1. The van der Waals surface area contributed by atoms with E-state index in [9.17, 15) is 14.9 Å². The second-order valence-electron chi connectivity index (χ2n) is 6.38. The second-order valence-corrected chi connectivity index (χ2v) is 6.38. The van der Waals surface area contributed by atoms with Crippen LogP contribution in [0.5, 0.6) is 0 Å². The zero-order valence-electron chi connectivity index (χ0n) is 16.1. The van der Waals surface area contributed by atoms with Crippen LogP contribution < -0.4 is 5.43 Å². The molecule has 2 aromatic carbocycles. The number of hydrazone groups is 1. The molecule has 11 heteroatoms. The van der Waals surface area contributed by atoms with Gasteiger partial charge in [-0.1, -0.05) is 30.3 Å². The van der Waals surface area contributed by atoms with Crippen LogP contribution in [-0.4, -0.2) is 41.8 Å². The van der Waals surface area contributed by atoms with Gasteiger partial charge in [-0.15, -0.1) is 10.2 Å². The van der Waals surface area contributed by atoms with Crippen LogP contribution in [0.2, 0.25) is 0 Å². The van der Waals surface area contributed by atoms with Crippen LogP contribution in [0.25, 0.3) is 17.1 Å². The average molecular weight is 416 g/mol. The van der Waals surface area contributed by atoms with Gasteiger partial charge >= 0.3 is 0 Å². The number of nitrogens with one attached hydrogen (secondary N) is 1. The molecule has 2 aromatic heterocycles. The van der Waals surface area contributed by atoms with Crippen molar-refractivity contribution in [2.45, 2.75) is 6.54 Å². The Kier molecular flexibility index (Phi) is 5.56. The minimum absolute atomic E-state index is 0.00975. The van der Waals surface area contributed by atoms with Crippen molar-refractivity contribution in [3.63, 3.8) is 0 Å². The summed E-state index contributed by atoms with van der Waals surface area (Å²) in [7, 11) is 0. The van der Waals surface area contributed by atoms with Crippen LogP contribution in [0.3, 0.4) is 0 Å².